The number of nitrogens with zero attached hydrogens (tertiary/aromatic N) is 1. The van der Waals surface area contributed by atoms with Crippen molar-refractivity contribution in [2.24, 2.45) is 0 Å². The molecule has 23 heavy (non-hydrogen) atoms. The van der Waals surface area contributed by atoms with Gasteiger partial charge < -0.3 is 0 Å². The third-order valence-corrected chi connectivity index (χ3v) is 6.19. The van der Waals surface area contributed by atoms with Crippen molar-refractivity contribution in [3.05, 3.63) is 55.7 Å². The molecule has 0 bridgehead atoms. The molecule has 0 amide bonds. The number of nitrogens with one attached hydrogen (secondary N) is 1. The number of hydrogen-bond acceptors (Lipinski definition) is 1. The van der Waals surface area contributed by atoms with E-state index in [0.29, 0.717) is 4.48 Å². The monoisotopic (exact) mass is 593 g/mol. The van der Waals surface area contributed by atoms with Gasteiger partial charge in [-0.2, -0.15) is 0 Å². The lowest BCUT2D eigenvalue weighted by Crippen LogP contribution is -2.58. The topological polar surface area (TPSA) is 12.0 Å². The number of halogens is 5. The fourth-order valence-electron chi connectivity index (χ4n) is 3.15. The maximum absolute atomic E-state index is 6.34. The molecule has 0 aromatic heterocycles. The number of alkyl halides is 3. The first-order chi connectivity index (χ1) is 10.8. The van der Waals surface area contributed by atoms with Gasteiger partial charge in [-0.1, -0.05) is 34.8 Å². The molecule has 1 unspecified atom stereocenters. The summed E-state index contributed by atoms with van der Waals surface area (Å²) in [6.07, 6.45) is -0.340. The Kier molecular flexibility index (Phi) is 5.73. The zero-order valence-electron chi connectivity index (χ0n) is 11.9. The Hall–Kier alpha value is 0.690. The van der Waals surface area contributed by atoms with E-state index in [2.05, 4.69) is 99.0 Å². The summed E-state index contributed by atoms with van der Waals surface area (Å²) in [5.74, 6) is 0. The van der Waals surface area contributed by atoms with Gasteiger partial charge in [-0.15, -0.1) is 0 Å². The number of rotatable bonds is 2. The Bertz CT molecular complexity index is 638. The molecule has 0 saturated carbocycles. The zero-order chi connectivity index (χ0) is 16.7. The molecule has 3 rings (SSSR count). The molecule has 2 aromatic carbocycles. The highest BCUT2D eigenvalue weighted by molar-refractivity contribution is 14.1. The van der Waals surface area contributed by atoms with Crippen molar-refractivity contribution in [3.63, 3.8) is 0 Å². The number of hydrogen-bond donors (Lipinski definition) is 1. The van der Waals surface area contributed by atoms with Crippen LogP contribution in [0.2, 0.25) is 0 Å². The van der Waals surface area contributed by atoms with Crippen LogP contribution < -0.4 is 9.80 Å². The third-order valence-electron chi connectivity index (χ3n) is 4.13. The lowest BCUT2D eigenvalue weighted by atomic mass is 10.1. The summed E-state index contributed by atoms with van der Waals surface area (Å²) in [6, 6.07) is 16.9. The van der Waals surface area contributed by atoms with Gasteiger partial charge in [-0.25, -0.2) is 4.48 Å². The first kappa shape index (κ1) is 18.5. The molecule has 0 spiro atoms. The first-order valence-electron chi connectivity index (χ1n) is 7.04. The lowest BCUT2D eigenvalue weighted by Gasteiger charge is -2.41. The number of quaternary nitrogens is 1. The molecule has 1 aliphatic rings. The molecule has 1 heterocycles. The van der Waals surface area contributed by atoms with Gasteiger partial charge in [0.1, 0.15) is 17.9 Å². The molecule has 1 fully saturated rings. The van der Waals surface area contributed by atoms with Gasteiger partial charge in [0, 0.05) is 31.4 Å². The molecule has 7 heteroatoms. The quantitative estimate of drug-likeness (QED) is 0.262. The van der Waals surface area contributed by atoms with E-state index in [0.717, 1.165) is 24.5 Å². The van der Waals surface area contributed by atoms with Crippen molar-refractivity contribution in [3.8, 4) is 0 Å². The molecule has 1 N–H and O–H groups in total. The normalized spacial score (nSPS) is 20.7. The standard InChI is InChI=1S/C16H14Cl3I2N2/c17-16(18,19)15-22-9-10-23(15,13-5-1-11(20)2-6-13)14-7-3-12(21)4-8-14/h1-8,15,22H,9-10H2/q+1. The van der Waals surface area contributed by atoms with Gasteiger partial charge in [0.2, 0.25) is 6.17 Å². The zero-order valence-corrected chi connectivity index (χ0v) is 18.5. The molecule has 1 aliphatic heterocycles. The summed E-state index contributed by atoms with van der Waals surface area (Å²) >= 11 is 23.6. The fourth-order valence-corrected chi connectivity index (χ4v) is 4.60. The average Bonchev–Trinajstić information content (AvgIpc) is 2.95. The van der Waals surface area contributed by atoms with Gasteiger partial charge in [0.25, 0.3) is 3.79 Å². The van der Waals surface area contributed by atoms with Crippen LogP contribution in [-0.4, -0.2) is 23.0 Å². The SMILES string of the molecule is ClC(Cl)(Cl)C1NCC[N+]1(c1ccc(I)cc1)c1ccc(I)cc1. The van der Waals surface area contributed by atoms with Gasteiger partial charge in [0.15, 0.2) is 0 Å². The van der Waals surface area contributed by atoms with Crippen LogP contribution in [0.5, 0.6) is 0 Å². The summed E-state index contributed by atoms with van der Waals surface area (Å²) in [5, 5.41) is 3.39. The molecular formula is C16H14Cl3I2N2+. The van der Waals surface area contributed by atoms with Gasteiger partial charge in [-0.3, -0.25) is 5.32 Å². The molecular weight excluding hydrogens is 580 g/mol. The van der Waals surface area contributed by atoms with Crippen LogP contribution in [0, 0.1) is 7.14 Å². The minimum absolute atomic E-state index is 0.340. The first-order valence-corrected chi connectivity index (χ1v) is 10.3. The molecule has 0 aliphatic carbocycles. The van der Waals surface area contributed by atoms with Crippen molar-refractivity contribution >= 4 is 91.4 Å². The van der Waals surface area contributed by atoms with Crippen LogP contribution >= 0.6 is 80.0 Å². The van der Waals surface area contributed by atoms with E-state index in [9.17, 15) is 0 Å². The third kappa shape index (κ3) is 3.64. The second kappa shape index (κ2) is 7.13. The van der Waals surface area contributed by atoms with E-state index in [1.165, 1.54) is 7.14 Å². The number of benzene rings is 2. The summed E-state index contributed by atoms with van der Waals surface area (Å²) < 4.78 is 1.45. The second-order valence-electron chi connectivity index (χ2n) is 5.44. The van der Waals surface area contributed by atoms with Gasteiger partial charge >= 0.3 is 0 Å². The van der Waals surface area contributed by atoms with Gasteiger partial charge in [-0.05, 0) is 69.4 Å². The molecule has 1 atom stereocenters. The van der Waals surface area contributed by atoms with Crippen molar-refractivity contribution in [2.45, 2.75) is 9.96 Å². The van der Waals surface area contributed by atoms with Crippen LogP contribution in [0.15, 0.2) is 48.5 Å². The molecule has 0 radical (unpaired) electrons. The Morgan fingerprint density at radius 2 is 1.30 bits per heavy atom. The minimum Gasteiger partial charge on any atom is -0.258 e. The van der Waals surface area contributed by atoms with E-state index in [-0.39, 0.29) is 6.17 Å². The Morgan fingerprint density at radius 1 is 0.870 bits per heavy atom. The molecule has 1 saturated heterocycles. The van der Waals surface area contributed by atoms with Crippen LogP contribution in [0.3, 0.4) is 0 Å². The maximum Gasteiger partial charge on any atom is 0.257 e. The maximum atomic E-state index is 6.34. The van der Waals surface area contributed by atoms with Crippen LogP contribution in [-0.2, 0) is 0 Å². The Labute approximate surface area is 178 Å². The molecule has 2 aromatic rings. The summed E-state index contributed by atoms with van der Waals surface area (Å²) in [5.41, 5.74) is 2.24. The van der Waals surface area contributed by atoms with E-state index >= 15 is 0 Å². The van der Waals surface area contributed by atoms with Gasteiger partial charge in [0.05, 0.1) is 6.54 Å². The lowest BCUT2D eigenvalue weighted by molar-refractivity contribution is 0.339. The van der Waals surface area contributed by atoms with Crippen molar-refractivity contribution in [2.75, 3.05) is 13.1 Å². The largest absolute Gasteiger partial charge is 0.258 e. The van der Waals surface area contributed by atoms with E-state index in [1.54, 1.807) is 0 Å². The van der Waals surface area contributed by atoms with Crippen LogP contribution in [0.4, 0.5) is 11.4 Å². The van der Waals surface area contributed by atoms with E-state index in [4.69, 9.17) is 34.8 Å². The summed E-state index contributed by atoms with van der Waals surface area (Å²) in [7, 11) is 0. The predicted octanol–water partition coefficient (Wildman–Crippen LogP) is 5.83. The second-order valence-corrected chi connectivity index (χ2v) is 10.3. The molecule has 2 nitrogen and oxygen atoms in total. The van der Waals surface area contributed by atoms with Crippen molar-refractivity contribution < 1.29 is 0 Å². The predicted molar refractivity (Wildman–Crippen MR) is 117 cm³/mol. The Morgan fingerprint density at radius 3 is 1.70 bits per heavy atom. The van der Waals surface area contributed by atoms with Crippen molar-refractivity contribution in [1.29, 1.82) is 0 Å². The van der Waals surface area contributed by atoms with E-state index in [1.807, 2.05) is 0 Å². The highest BCUT2D eigenvalue weighted by Crippen LogP contribution is 2.46. The fraction of sp³-hybridized carbons (Fsp3) is 0.250. The minimum atomic E-state index is -1.41. The highest BCUT2D eigenvalue weighted by atomic mass is 127. The average molecular weight is 594 g/mol. The van der Waals surface area contributed by atoms with Crippen molar-refractivity contribution in [1.82, 2.24) is 9.80 Å². The van der Waals surface area contributed by atoms with E-state index < -0.39 is 3.79 Å². The molecule has 122 valence electrons. The van der Waals surface area contributed by atoms with Crippen LogP contribution in [0.25, 0.3) is 0 Å². The highest BCUT2D eigenvalue weighted by Gasteiger charge is 2.55. The summed E-state index contributed by atoms with van der Waals surface area (Å²) in [4.78, 5) is 0. The summed E-state index contributed by atoms with van der Waals surface area (Å²) in [6.45, 7) is 1.62. The van der Waals surface area contributed by atoms with Crippen LogP contribution in [0.1, 0.15) is 0 Å². The Balaban J connectivity index is 2.21. The smallest absolute Gasteiger partial charge is 0.257 e.